The van der Waals surface area contributed by atoms with Crippen molar-refractivity contribution >= 4 is 27.3 Å². The second-order valence-electron chi connectivity index (χ2n) is 5.23. The zero-order chi connectivity index (χ0) is 17.7. The van der Waals surface area contributed by atoms with Gasteiger partial charge in [-0.05, 0) is 18.2 Å². The van der Waals surface area contributed by atoms with Crippen molar-refractivity contribution in [3.05, 3.63) is 35.0 Å². The van der Waals surface area contributed by atoms with E-state index in [9.17, 15) is 8.42 Å². The summed E-state index contributed by atoms with van der Waals surface area (Å²) in [5.41, 5.74) is 1.04. The summed E-state index contributed by atoms with van der Waals surface area (Å²) in [6.45, 7) is 1.10. The standard InChI is InChI=1S/C14H22N6O2S2/c1-15-14(16-9-11-7-8-18-20(11)4)17-10-12-5-6-13(23-12)24(21,22)19(2)3/h5-8H,9-10H2,1-4H3,(H2,15,16,17). The van der Waals surface area contributed by atoms with E-state index in [0.717, 1.165) is 10.6 Å². The molecule has 0 amide bonds. The summed E-state index contributed by atoms with van der Waals surface area (Å²) in [5, 5.41) is 10.5. The van der Waals surface area contributed by atoms with Crippen LogP contribution >= 0.6 is 11.3 Å². The third kappa shape index (κ3) is 4.34. The van der Waals surface area contributed by atoms with Gasteiger partial charge in [0.1, 0.15) is 4.21 Å². The SMILES string of the molecule is CN=C(NCc1ccc(S(=O)(=O)N(C)C)s1)NCc1ccnn1C. The number of hydrogen-bond donors (Lipinski definition) is 2. The van der Waals surface area contributed by atoms with Gasteiger partial charge in [-0.2, -0.15) is 5.10 Å². The van der Waals surface area contributed by atoms with Gasteiger partial charge in [-0.1, -0.05) is 0 Å². The Balaban J connectivity index is 1.92. The van der Waals surface area contributed by atoms with Crippen LogP contribution in [0.2, 0.25) is 0 Å². The van der Waals surface area contributed by atoms with Crippen LogP contribution < -0.4 is 10.6 Å². The smallest absolute Gasteiger partial charge is 0.252 e. The minimum Gasteiger partial charge on any atom is -0.352 e. The summed E-state index contributed by atoms with van der Waals surface area (Å²) < 4.78 is 27.5. The molecule has 0 aromatic carbocycles. The minimum atomic E-state index is -3.38. The fourth-order valence-electron chi connectivity index (χ4n) is 1.91. The van der Waals surface area contributed by atoms with E-state index in [1.54, 1.807) is 24.0 Å². The zero-order valence-electron chi connectivity index (χ0n) is 14.1. The molecule has 8 nitrogen and oxygen atoms in total. The first-order valence-corrected chi connectivity index (χ1v) is 9.53. The van der Waals surface area contributed by atoms with Gasteiger partial charge in [0.05, 0.1) is 18.8 Å². The van der Waals surface area contributed by atoms with Crippen molar-refractivity contribution in [3.8, 4) is 0 Å². The van der Waals surface area contributed by atoms with E-state index < -0.39 is 10.0 Å². The normalized spacial score (nSPS) is 12.6. The third-order valence-corrected chi connectivity index (χ3v) is 6.75. The highest BCUT2D eigenvalue weighted by molar-refractivity contribution is 7.91. The molecule has 0 aliphatic heterocycles. The first kappa shape index (κ1) is 18.4. The summed E-state index contributed by atoms with van der Waals surface area (Å²) in [5.74, 6) is 0.640. The zero-order valence-corrected chi connectivity index (χ0v) is 15.8. The summed E-state index contributed by atoms with van der Waals surface area (Å²) >= 11 is 1.25. The Morgan fingerprint density at radius 2 is 2.00 bits per heavy atom. The maximum Gasteiger partial charge on any atom is 0.252 e. The minimum absolute atomic E-state index is 0.335. The fraction of sp³-hybridized carbons (Fsp3) is 0.429. The number of guanidine groups is 1. The Morgan fingerprint density at radius 3 is 2.58 bits per heavy atom. The van der Waals surface area contributed by atoms with Crippen molar-refractivity contribution < 1.29 is 8.42 Å². The van der Waals surface area contributed by atoms with Gasteiger partial charge in [0, 0.05) is 39.3 Å². The summed E-state index contributed by atoms with van der Waals surface area (Å²) in [4.78, 5) is 5.07. The highest BCUT2D eigenvalue weighted by atomic mass is 32.2. The van der Waals surface area contributed by atoms with Crippen molar-refractivity contribution in [2.45, 2.75) is 17.3 Å². The predicted octanol–water partition coefficient (Wildman–Crippen LogP) is 0.597. The number of sulfonamides is 1. The van der Waals surface area contributed by atoms with E-state index in [1.807, 2.05) is 19.2 Å². The predicted molar refractivity (Wildman–Crippen MR) is 95.4 cm³/mol. The molecule has 24 heavy (non-hydrogen) atoms. The highest BCUT2D eigenvalue weighted by Crippen LogP contribution is 2.23. The average Bonchev–Trinajstić information content (AvgIpc) is 3.17. The number of aryl methyl sites for hydroxylation is 1. The largest absolute Gasteiger partial charge is 0.352 e. The van der Waals surface area contributed by atoms with Gasteiger partial charge >= 0.3 is 0 Å². The molecule has 0 saturated carbocycles. The molecule has 2 N–H and O–H groups in total. The van der Waals surface area contributed by atoms with Crippen LogP contribution in [0.1, 0.15) is 10.6 Å². The molecule has 10 heteroatoms. The van der Waals surface area contributed by atoms with E-state index >= 15 is 0 Å². The second kappa shape index (κ2) is 7.77. The molecule has 0 radical (unpaired) electrons. The lowest BCUT2D eigenvalue weighted by atomic mass is 10.4. The monoisotopic (exact) mass is 370 g/mol. The molecule has 2 heterocycles. The van der Waals surface area contributed by atoms with Gasteiger partial charge in [0.25, 0.3) is 10.0 Å². The average molecular weight is 371 g/mol. The number of aliphatic imine (C=N–C) groups is 1. The molecule has 2 rings (SSSR count). The molecule has 0 saturated heterocycles. The molecule has 2 aromatic heterocycles. The Hall–Kier alpha value is -1.91. The Kier molecular flexibility index (Phi) is 5.97. The summed E-state index contributed by atoms with van der Waals surface area (Å²) in [6, 6.07) is 5.36. The van der Waals surface area contributed by atoms with Crippen LogP contribution in [-0.2, 0) is 30.2 Å². The molecule has 0 aliphatic carbocycles. The Labute approximate surface area is 146 Å². The van der Waals surface area contributed by atoms with Gasteiger partial charge in [0.15, 0.2) is 5.96 Å². The number of thiophene rings is 1. The number of rotatable bonds is 6. The second-order valence-corrected chi connectivity index (χ2v) is 8.78. The van der Waals surface area contributed by atoms with Crippen molar-refractivity contribution in [2.24, 2.45) is 12.0 Å². The molecule has 0 atom stereocenters. The van der Waals surface area contributed by atoms with Crippen molar-refractivity contribution in [3.63, 3.8) is 0 Å². The van der Waals surface area contributed by atoms with Gasteiger partial charge in [-0.25, -0.2) is 12.7 Å². The quantitative estimate of drug-likeness (QED) is 0.574. The molecular weight excluding hydrogens is 348 g/mol. The first-order valence-electron chi connectivity index (χ1n) is 7.27. The van der Waals surface area contributed by atoms with Crippen LogP contribution in [0, 0.1) is 0 Å². The number of aromatic nitrogens is 2. The topological polar surface area (TPSA) is 91.6 Å². The molecular formula is C14H22N6O2S2. The first-order chi connectivity index (χ1) is 11.3. The Bertz CT molecular complexity index is 807. The van der Waals surface area contributed by atoms with E-state index in [2.05, 4.69) is 20.7 Å². The number of nitrogens with zero attached hydrogens (tertiary/aromatic N) is 4. The van der Waals surface area contributed by atoms with E-state index in [1.165, 1.54) is 29.7 Å². The number of hydrogen-bond acceptors (Lipinski definition) is 5. The lowest BCUT2D eigenvalue weighted by Crippen LogP contribution is -2.36. The molecule has 0 fully saturated rings. The Morgan fingerprint density at radius 1 is 1.29 bits per heavy atom. The maximum atomic E-state index is 12.1. The van der Waals surface area contributed by atoms with Crippen LogP contribution in [0.15, 0.2) is 33.6 Å². The van der Waals surface area contributed by atoms with E-state index in [-0.39, 0.29) is 0 Å². The van der Waals surface area contributed by atoms with Crippen LogP contribution in [0.4, 0.5) is 0 Å². The molecule has 132 valence electrons. The van der Waals surface area contributed by atoms with Crippen molar-refractivity contribution in [1.82, 2.24) is 24.7 Å². The maximum absolute atomic E-state index is 12.1. The highest BCUT2D eigenvalue weighted by Gasteiger charge is 2.19. The molecule has 0 bridgehead atoms. The number of nitrogens with one attached hydrogen (secondary N) is 2. The van der Waals surface area contributed by atoms with Crippen LogP contribution in [0.5, 0.6) is 0 Å². The van der Waals surface area contributed by atoms with E-state index in [4.69, 9.17) is 0 Å². The molecule has 0 spiro atoms. The molecule has 0 unspecified atom stereocenters. The van der Waals surface area contributed by atoms with Crippen LogP contribution in [0.3, 0.4) is 0 Å². The van der Waals surface area contributed by atoms with Gasteiger partial charge in [0.2, 0.25) is 0 Å². The molecule has 0 aliphatic rings. The van der Waals surface area contributed by atoms with E-state index in [0.29, 0.717) is 23.3 Å². The lowest BCUT2D eigenvalue weighted by molar-refractivity contribution is 0.523. The van der Waals surface area contributed by atoms with Crippen molar-refractivity contribution in [2.75, 3.05) is 21.1 Å². The molecule has 2 aromatic rings. The van der Waals surface area contributed by atoms with Crippen LogP contribution in [-0.4, -0.2) is 49.6 Å². The van der Waals surface area contributed by atoms with Crippen molar-refractivity contribution in [1.29, 1.82) is 0 Å². The lowest BCUT2D eigenvalue weighted by Gasteiger charge is -2.11. The van der Waals surface area contributed by atoms with Gasteiger partial charge in [-0.15, -0.1) is 11.3 Å². The van der Waals surface area contributed by atoms with Crippen LogP contribution in [0.25, 0.3) is 0 Å². The summed E-state index contributed by atoms with van der Waals surface area (Å²) in [7, 11) is 3.24. The van der Waals surface area contributed by atoms with Gasteiger partial charge in [-0.3, -0.25) is 9.67 Å². The summed E-state index contributed by atoms with van der Waals surface area (Å²) in [6.07, 6.45) is 1.74. The fourth-order valence-corrected chi connectivity index (χ4v) is 4.38. The third-order valence-electron chi connectivity index (χ3n) is 3.39. The van der Waals surface area contributed by atoms with Gasteiger partial charge < -0.3 is 10.6 Å².